The van der Waals surface area contributed by atoms with Crippen molar-refractivity contribution in [3.63, 3.8) is 0 Å². The molecule has 3 rings (SSSR count). The van der Waals surface area contributed by atoms with Crippen molar-refractivity contribution in [2.24, 2.45) is 17.8 Å². The van der Waals surface area contributed by atoms with E-state index < -0.39 is 18.1 Å². The number of rotatable bonds is 1. The highest BCUT2D eigenvalue weighted by Crippen LogP contribution is 2.39. The number of piperidine rings is 1. The van der Waals surface area contributed by atoms with Gasteiger partial charge in [0.15, 0.2) is 0 Å². The highest BCUT2D eigenvalue weighted by molar-refractivity contribution is 5.82. The molecular formula is C14H21F3N2O2. The number of fused-ring (bicyclic) bond motifs is 1. The van der Waals surface area contributed by atoms with Crippen molar-refractivity contribution in [1.29, 1.82) is 0 Å². The molecule has 21 heavy (non-hydrogen) atoms. The molecule has 3 fully saturated rings. The molecule has 2 heterocycles. The van der Waals surface area contributed by atoms with Gasteiger partial charge in [-0.05, 0) is 31.6 Å². The van der Waals surface area contributed by atoms with Gasteiger partial charge < -0.3 is 15.3 Å². The van der Waals surface area contributed by atoms with E-state index in [2.05, 4.69) is 5.32 Å². The van der Waals surface area contributed by atoms with Gasteiger partial charge in [-0.3, -0.25) is 4.79 Å². The number of nitrogens with one attached hydrogen (secondary N) is 1. The fourth-order valence-corrected chi connectivity index (χ4v) is 3.98. The fraction of sp³-hybridized carbons (Fsp3) is 0.929. The zero-order valence-electron chi connectivity index (χ0n) is 11.8. The van der Waals surface area contributed by atoms with Crippen LogP contribution in [0.4, 0.5) is 13.2 Å². The lowest BCUT2D eigenvalue weighted by Crippen LogP contribution is -2.52. The number of hydrogen-bond donors (Lipinski definition) is 2. The van der Waals surface area contributed by atoms with Crippen LogP contribution >= 0.6 is 0 Å². The summed E-state index contributed by atoms with van der Waals surface area (Å²) < 4.78 is 37.8. The molecule has 1 amide bonds. The second-order valence-corrected chi connectivity index (χ2v) is 6.59. The first-order valence-corrected chi connectivity index (χ1v) is 7.63. The van der Waals surface area contributed by atoms with Crippen molar-refractivity contribution in [2.75, 3.05) is 19.6 Å². The van der Waals surface area contributed by atoms with E-state index in [-0.39, 0.29) is 37.3 Å². The minimum absolute atomic E-state index is 0.0101. The fourth-order valence-electron chi connectivity index (χ4n) is 3.98. The predicted molar refractivity (Wildman–Crippen MR) is 69.4 cm³/mol. The van der Waals surface area contributed by atoms with E-state index in [4.69, 9.17) is 0 Å². The molecule has 0 radical (unpaired) electrons. The average molecular weight is 306 g/mol. The molecule has 7 heteroatoms. The van der Waals surface area contributed by atoms with Crippen molar-refractivity contribution in [1.82, 2.24) is 10.2 Å². The third kappa shape index (κ3) is 2.90. The molecule has 0 aromatic rings. The summed E-state index contributed by atoms with van der Waals surface area (Å²) in [5.41, 5.74) is 0. The lowest BCUT2D eigenvalue weighted by molar-refractivity contribution is -0.180. The number of alkyl halides is 3. The maximum atomic E-state index is 12.6. The van der Waals surface area contributed by atoms with Gasteiger partial charge in [0, 0.05) is 25.6 Å². The van der Waals surface area contributed by atoms with Gasteiger partial charge in [-0.25, -0.2) is 0 Å². The Labute approximate surface area is 121 Å². The number of aliphatic hydroxyl groups excluding tert-OH is 1. The number of nitrogens with zero attached hydrogens (tertiary/aromatic N) is 1. The van der Waals surface area contributed by atoms with Crippen LogP contribution < -0.4 is 5.32 Å². The smallest absolute Gasteiger partial charge is 0.393 e. The van der Waals surface area contributed by atoms with E-state index in [0.29, 0.717) is 19.0 Å². The highest BCUT2D eigenvalue weighted by atomic mass is 19.4. The third-order valence-electron chi connectivity index (χ3n) is 5.31. The van der Waals surface area contributed by atoms with Gasteiger partial charge in [0.05, 0.1) is 18.1 Å². The first-order chi connectivity index (χ1) is 9.86. The molecule has 2 saturated heterocycles. The van der Waals surface area contributed by atoms with Crippen LogP contribution in [0, 0.1) is 17.8 Å². The number of halogens is 3. The molecule has 0 aromatic carbocycles. The predicted octanol–water partition coefficient (Wildman–Crippen LogP) is 1.15. The Kier molecular flexibility index (Phi) is 3.90. The quantitative estimate of drug-likeness (QED) is 0.764. The van der Waals surface area contributed by atoms with Gasteiger partial charge in [0.25, 0.3) is 0 Å². The average Bonchev–Trinajstić information content (AvgIpc) is 3.00. The van der Waals surface area contributed by atoms with Crippen LogP contribution in [0.2, 0.25) is 0 Å². The minimum Gasteiger partial charge on any atom is -0.393 e. The van der Waals surface area contributed by atoms with Crippen molar-refractivity contribution >= 4 is 5.91 Å². The second-order valence-electron chi connectivity index (χ2n) is 6.59. The van der Waals surface area contributed by atoms with Crippen molar-refractivity contribution in [2.45, 2.75) is 44.0 Å². The molecule has 2 N–H and O–H groups in total. The van der Waals surface area contributed by atoms with E-state index in [0.717, 1.165) is 12.8 Å². The van der Waals surface area contributed by atoms with E-state index in [1.165, 1.54) is 0 Å². The first-order valence-electron chi connectivity index (χ1n) is 7.63. The maximum absolute atomic E-state index is 12.6. The Hall–Kier alpha value is -0.820. The van der Waals surface area contributed by atoms with E-state index in [1.807, 2.05) is 0 Å². The Morgan fingerprint density at radius 1 is 1.14 bits per heavy atom. The van der Waals surface area contributed by atoms with E-state index >= 15 is 0 Å². The normalized spacial score (nSPS) is 40.4. The standard InChI is InChI=1S/C14H21F3N2O2/c15-14(16,17)9-2-3-11(18-5-9)13(21)19-6-8-1-4-12(20)10(8)7-19/h8-12,18,20H,1-7H2. The Morgan fingerprint density at radius 3 is 2.48 bits per heavy atom. The van der Waals surface area contributed by atoms with Crippen LogP contribution in [-0.4, -0.2) is 53.9 Å². The molecule has 0 bridgehead atoms. The maximum Gasteiger partial charge on any atom is 0.393 e. The highest BCUT2D eigenvalue weighted by Gasteiger charge is 2.46. The summed E-state index contributed by atoms with van der Waals surface area (Å²) in [5, 5.41) is 12.6. The minimum atomic E-state index is -4.18. The summed E-state index contributed by atoms with van der Waals surface area (Å²) in [6.07, 6.45) is -2.54. The molecule has 5 unspecified atom stereocenters. The molecule has 0 spiro atoms. The number of hydrogen-bond acceptors (Lipinski definition) is 3. The first kappa shape index (κ1) is 15.1. The van der Waals surface area contributed by atoms with Crippen LogP contribution in [0.5, 0.6) is 0 Å². The van der Waals surface area contributed by atoms with Gasteiger partial charge in [-0.1, -0.05) is 0 Å². The molecule has 4 nitrogen and oxygen atoms in total. The van der Waals surface area contributed by atoms with Crippen LogP contribution in [0.1, 0.15) is 25.7 Å². The van der Waals surface area contributed by atoms with Crippen LogP contribution in [0.3, 0.4) is 0 Å². The monoisotopic (exact) mass is 306 g/mol. The van der Waals surface area contributed by atoms with Crippen molar-refractivity contribution in [3.05, 3.63) is 0 Å². The van der Waals surface area contributed by atoms with Gasteiger partial charge in [-0.15, -0.1) is 0 Å². The second kappa shape index (κ2) is 5.43. The molecule has 120 valence electrons. The lowest BCUT2D eigenvalue weighted by atomic mass is 9.93. The summed E-state index contributed by atoms with van der Waals surface area (Å²) in [5.74, 6) is -0.936. The van der Waals surface area contributed by atoms with Crippen molar-refractivity contribution in [3.8, 4) is 0 Å². The number of aliphatic hydroxyl groups is 1. The van der Waals surface area contributed by atoms with Crippen LogP contribution in [-0.2, 0) is 4.79 Å². The summed E-state index contributed by atoms with van der Waals surface area (Å²) in [6, 6.07) is -0.500. The molecule has 5 atom stereocenters. The van der Waals surface area contributed by atoms with E-state index in [9.17, 15) is 23.1 Å². The van der Waals surface area contributed by atoms with Gasteiger partial charge in [-0.2, -0.15) is 13.2 Å². The SMILES string of the molecule is O=C(C1CCC(C(F)(F)F)CN1)N1CC2CCC(O)C2C1. The molecule has 0 aromatic heterocycles. The number of carbonyl (C=O) groups excluding carboxylic acids is 1. The summed E-state index contributed by atoms with van der Waals surface area (Å²) >= 11 is 0. The Bertz CT molecular complexity index is 408. The molecule has 1 aliphatic carbocycles. The summed E-state index contributed by atoms with van der Waals surface area (Å²) in [4.78, 5) is 14.1. The van der Waals surface area contributed by atoms with Crippen LogP contribution in [0.25, 0.3) is 0 Å². The van der Waals surface area contributed by atoms with Crippen molar-refractivity contribution < 1.29 is 23.1 Å². The topological polar surface area (TPSA) is 52.6 Å². The van der Waals surface area contributed by atoms with Gasteiger partial charge in [0.1, 0.15) is 0 Å². The van der Waals surface area contributed by atoms with E-state index in [1.54, 1.807) is 4.90 Å². The number of likely N-dealkylation sites (tertiary alicyclic amines) is 1. The van der Waals surface area contributed by atoms with Gasteiger partial charge >= 0.3 is 6.18 Å². The summed E-state index contributed by atoms with van der Waals surface area (Å²) in [6.45, 7) is 1.01. The molecular weight excluding hydrogens is 285 g/mol. The third-order valence-corrected chi connectivity index (χ3v) is 5.31. The zero-order chi connectivity index (χ0) is 15.2. The summed E-state index contributed by atoms with van der Waals surface area (Å²) in [7, 11) is 0. The lowest BCUT2D eigenvalue weighted by Gasteiger charge is -2.32. The Balaban J connectivity index is 1.54. The number of amides is 1. The molecule has 1 saturated carbocycles. The largest absolute Gasteiger partial charge is 0.393 e. The molecule has 3 aliphatic rings. The molecule has 2 aliphatic heterocycles. The zero-order valence-corrected chi connectivity index (χ0v) is 11.8. The number of carbonyl (C=O) groups is 1. The Morgan fingerprint density at radius 2 is 1.90 bits per heavy atom. The van der Waals surface area contributed by atoms with Gasteiger partial charge in [0.2, 0.25) is 5.91 Å². The van der Waals surface area contributed by atoms with Crippen LogP contribution in [0.15, 0.2) is 0 Å².